The zero-order valence-electron chi connectivity index (χ0n) is 18.5. The Morgan fingerprint density at radius 2 is 2.00 bits per heavy atom. The van der Waals surface area contributed by atoms with E-state index in [9.17, 15) is 4.21 Å². The molecule has 0 aliphatic heterocycles. The fraction of sp³-hybridized carbons (Fsp3) is 0.292. The average Bonchev–Trinajstić information content (AvgIpc) is 3.59. The second kappa shape index (κ2) is 8.60. The summed E-state index contributed by atoms with van der Waals surface area (Å²) in [5.41, 5.74) is 12.2. The van der Waals surface area contributed by atoms with Crippen LogP contribution in [0.25, 0.3) is 11.3 Å². The highest BCUT2D eigenvalue weighted by Crippen LogP contribution is 2.39. The third kappa shape index (κ3) is 5.06. The van der Waals surface area contributed by atoms with Crippen LogP contribution in [-0.2, 0) is 16.1 Å². The molecule has 1 aliphatic carbocycles. The van der Waals surface area contributed by atoms with Gasteiger partial charge in [0.15, 0.2) is 0 Å². The van der Waals surface area contributed by atoms with Gasteiger partial charge in [-0.3, -0.25) is 9.97 Å². The lowest BCUT2D eigenvalue weighted by molar-refractivity contribution is 0.688. The number of hydrogen-bond acceptors (Lipinski definition) is 6. The van der Waals surface area contributed by atoms with Gasteiger partial charge >= 0.3 is 0 Å². The average molecular weight is 447 g/mol. The lowest BCUT2D eigenvalue weighted by atomic mass is 10.0. The number of nitrogens with zero attached hydrogens (tertiary/aromatic N) is 4. The Morgan fingerprint density at radius 1 is 1.22 bits per heavy atom. The molecule has 0 radical (unpaired) electrons. The molecular formula is C24H26N6OS. The van der Waals surface area contributed by atoms with E-state index < -0.39 is 9.71 Å². The Balaban J connectivity index is 1.76. The molecule has 0 aromatic carbocycles. The van der Waals surface area contributed by atoms with Gasteiger partial charge in [-0.2, -0.15) is 0 Å². The van der Waals surface area contributed by atoms with Crippen LogP contribution in [0.1, 0.15) is 53.9 Å². The Morgan fingerprint density at radius 3 is 2.62 bits per heavy atom. The van der Waals surface area contributed by atoms with Gasteiger partial charge in [-0.05, 0) is 50.3 Å². The van der Waals surface area contributed by atoms with E-state index >= 15 is 0 Å². The quantitative estimate of drug-likeness (QED) is 0.460. The number of nitrogen functional groups attached to an aromatic ring is 1. The summed E-state index contributed by atoms with van der Waals surface area (Å²) in [6, 6.07) is 5.89. The lowest BCUT2D eigenvalue weighted by Gasteiger charge is -2.11. The summed E-state index contributed by atoms with van der Waals surface area (Å²) in [7, 11) is -2.43. The maximum absolute atomic E-state index is 12.1. The van der Waals surface area contributed by atoms with Gasteiger partial charge in [-0.15, -0.1) is 0 Å². The predicted octanol–water partition coefficient (Wildman–Crippen LogP) is 3.34. The van der Waals surface area contributed by atoms with Crippen LogP contribution in [0.5, 0.6) is 0 Å². The summed E-state index contributed by atoms with van der Waals surface area (Å²) in [5.74, 6) is 10.8. The maximum atomic E-state index is 12.1. The Hall–Kier alpha value is -3.44. The van der Waals surface area contributed by atoms with Crippen LogP contribution in [0.3, 0.4) is 0 Å². The van der Waals surface area contributed by atoms with Crippen molar-refractivity contribution in [2.75, 3.05) is 16.7 Å². The first kappa shape index (κ1) is 21.8. The molecule has 1 saturated carbocycles. The first-order valence-electron chi connectivity index (χ1n) is 10.4. The topological polar surface area (TPSA) is 107 Å². The Kier molecular flexibility index (Phi) is 5.85. The van der Waals surface area contributed by atoms with E-state index in [2.05, 4.69) is 48.4 Å². The van der Waals surface area contributed by atoms with Crippen molar-refractivity contribution in [1.29, 1.82) is 0 Å². The van der Waals surface area contributed by atoms with Crippen LogP contribution < -0.4 is 10.5 Å². The first-order chi connectivity index (χ1) is 15.2. The van der Waals surface area contributed by atoms with Gasteiger partial charge in [-0.25, -0.2) is 14.2 Å². The molecule has 1 atom stereocenters. The zero-order chi connectivity index (χ0) is 22.9. The minimum atomic E-state index is -2.43. The van der Waals surface area contributed by atoms with E-state index in [0.717, 1.165) is 22.6 Å². The Labute approximate surface area is 189 Å². The number of rotatable bonds is 5. The highest BCUT2D eigenvalue weighted by molar-refractivity contribution is 8.00. The van der Waals surface area contributed by atoms with E-state index in [-0.39, 0.29) is 5.95 Å². The molecule has 1 fully saturated rings. The molecule has 3 aromatic heterocycles. The molecule has 0 saturated heterocycles. The minimum Gasteiger partial charge on any atom is -0.368 e. The third-order valence-electron chi connectivity index (χ3n) is 5.14. The van der Waals surface area contributed by atoms with Gasteiger partial charge in [0.1, 0.15) is 0 Å². The van der Waals surface area contributed by atoms with Crippen LogP contribution in [0.2, 0.25) is 0 Å². The molecule has 7 nitrogen and oxygen atoms in total. The maximum Gasteiger partial charge on any atom is 0.220 e. The van der Waals surface area contributed by atoms with E-state index in [4.69, 9.17) is 5.73 Å². The van der Waals surface area contributed by atoms with E-state index in [1.54, 1.807) is 12.5 Å². The van der Waals surface area contributed by atoms with Crippen molar-refractivity contribution < 1.29 is 4.21 Å². The normalized spacial score (nSPS) is 14.8. The molecule has 3 N–H and O–H groups in total. The van der Waals surface area contributed by atoms with Crippen molar-refractivity contribution in [3.63, 3.8) is 0 Å². The highest BCUT2D eigenvalue weighted by Gasteiger charge is 2.25. The molecule has 3 aromatic rings. The summed E-state index contributed by atoms with van der Waals surface area (Å²) < 4.78 is 15.0. The number of pyridine rings is 2. The number of nitrogens with two attached hydrogens (primary N) is 1. The summed E-state index contributed by atoms with van der Waals surface area (Å²) in [5, 5.41) is 0. The van der Waals surface area contributed by atoms with Crippen molar-refractivity contribution >= 4 is 27.2 Å². The number of nitrogens with one attached hydrogen (secondary N) is 1. The van der Waals surface area contributed by atoms with Gasteiger partial charge in [-0.1, -0.05) is 18.8 Å². The molecule has 164 valence electrons. The molecule has 4 rings (SSSR count). The number of hydrogen-bond donors (Lipinski definition) is 2. The van der Waals surface area contributed by atoms with Gasteiger partial charge < -0.3 is 10.5 Å². The van der Waals surface area contributed by atoms with Gasteiger partial charge in [0.2, 0.25) is 5.95 Å². The largest absolute Gasteiger partial charge is 0.368 e. The number of aromatic nitrogens is 4. The predicted molar refractivity (Wildman–Crippen MR) is 131 cm³/mol. The fourth-order valence-electron chi connectivity index (χ4n) is 3.36. The van der Waals surface area contributed by atoms with E-state index in [0.29, 0.717) is 34.8 Å². The van der Waals surface area contributed by atoms with Crippen molar-refractivity contribution in [2.24, 2.45) is 0 Å². The summed E-state index contributed by atoms with van der Waals surface area (Å²) in [6.45, 7) is 3.84. The lowest BCUT2D eigenvalue weighted by Crippen LogP contribution is -2.11. The van der Waals surface area contributed by atoms with Gasteiger partial charge in [0.05, 0.1) is 28.3 Å². The molecule has 1 unspecified atom stereocenters. The smallest absolute Gasteiger partial charge is 0.220 e. The molecule has 0 amide bonds. The van der Waals surface area contributed by atoms with Crippen LogP contribution in [0, 0.1) is 18.8 Å². The van der Waals surface area contributed by atoms with Crippen molar-refractivity contribution in [3.05, 3.63) is 58.8 Å². The summed E-state index contributed by atoms with van der Waals surface area (Å²) in [6.07, 6.45) is 8.12. The third-order valence-corrected chi connectivity index (χ3v) is 5.79. The van der Waals surface area contributed by atoms with Crippen molar-refractivity contribution in [3.8, 4) is 23.1 Å². The molecular weight excluding hydrogens is 420 g/mol. The van der Waals surface area contributed by atoms with Crippen LogP contribution in [0.4, 0.5) is 11.6 Å². The van der Waals surface area contributed by atoms with Gasteiger partial charge in [0.25, 0.3) is 0 Å². The number of aryl methyl sites for hydroxylation is 2. The molecule has 32 heavy (non-hydrogen) atoms. The Bertz CT molecular complexity index is 1330. The zero-order valence-corrected chi connectivity index (χ0v) is 19.3. The first-order valence-corrected chi connectivity index (χ1v) is 12.6. The van der Waals surface area contributed by atoms with E-state index in [1.165, 1.54) is 12.8 Å². The second-order valence-electron chi connectivity index (χ2n) is 8.07. The summed E-state index contributed by atoms with van der Waals surface area (Å²) >= 11 is 0. The number of anilines is 2. The molecule has 1 aliphatic rings. The van der Waals surface area contributed by atoms with Crippen molar-refractivity contribution in [1.82, 2.24) is 19.9 Å². The standard InChI is InChI=1S/C24H26N6OS/c1-5-20-19(10-6-16-12-22(15(2)26-13-16)30-32(3,4)31)23(29-24(25)28-20)18-9-11-21(27-14-18)17-7-8-17/h9,11-14,17H,3,5,7-8H2,1-2,4H3,(H,30,31)(H2,25,28,29). The fourth-order valence-corrected chi connectivity index (χ4v) is 4.03. The second-order valence-corrected chi connectivity index (χ2v) is 10.3. The SMILES string of the molecule is C=S(C)(=O)Nc1cc(C#Cc2c(CC)nc(N)nc2-c2ccc(C3CC3)nc2)cnc1C. The molecule has 0 spiro atoms. The van der Waals surface area contributed by atoms with Crippen molar-refractivity contribution in [2.45, 2.75) is 39.0 Å². The molecule has 8 heteroatoms. The van der Waals surface area contributed by atoms with E-state index in [1.807, 2.05) is 32.2 Å². The highest BCUT2D eigenvalue weighted by atomic mass is 32.2. The monoisotopic (exact) mass is 446 g/mol. The molecule has 0 bridgehead atoms. The van der Waals surface area contributed by atoms with Gasteiger partial charge in [0, 0.05) is 51.1 Å². The van der Waals surface area contributed by atoms with Crippen LogP contribution in [0.15, 0.2) is 30.6 Å². The summed E-state index contributed by atoms with van der Waals surface area (Å²) in [4.78, 5) is 17.9. The molecule has 3 heterocycles. The van der Waals surface area contributed by atoms with Crippen LogP contribution in [-0.4, -0.2) is 36.3 Å². The van der Waals surface area contributed by atoms with Crippen LogP contribution >= 0.6 is 0 Å². The minimum absolute atomic E-state index is 0.213.